The monoisotopic (exact) mass is 256 g/mol. The van der Waals surface area contributed by atoms with Crippen molar-refractivity contribution < 1.29 is 19.4 Å². The quantitative estimate of drug-likeness (QED) is 0.623. The van der Waals surface area contributed by atoms with Gasteiger partial charge in [-0.15, -0.1) is 0 Å². The van der Waals surface area contributed by atoms with Gasteiger partial charge < -0.3 is 14.6 Å². The number of aliphatic hydroxyl groups is 1. The van der Waals surface area contributed by atoms with E-state index in [0.717, 1.165) is 6.08 Å². The lowest BCUT2D eigenvalue weighted by Gasteiger charge is -2.12. The van der Waals surface area contributed by atoms with Crippen molar-refractivity contribution >= 4 is 17.6 Å². The van der Waals surface area contributed by atoms with E-state index in [1.54, 1.807) is 24.3 Å². The van der Waals surface area contributed by atoms with Gasteiger partial charge in [0, 0.05) is 6.08 Å². The van der Waals surface area contributed by atoms with Gasteiger partial charge in [0.2, 0.25) is 0 Å². The summed E-state index contributed by atoms with van der Waals surface area (Å²) in [5.41, 5.74) is 0. The zero-order chi connectivity index (χ0) is 12.7. The number of hydrogen-bond acceptors (Lipinski definition) is 4. The SMILES string of the molecule is C=CC(=O)OCC(O)COc1ccccc1Cl. The summed E-state index contributed by atoms with van der Waals surface area (Å²) in [6.45, 7) is 3.09. The van der Waals surface area contributed by atoms with Gasteiger partial charge in [-0.2, -0.15) is 0 Å². The minimum atomic E-state index is -0.907. The van der Waals surface area contributed by atoms with Crippen molar-refractivity contribution in [1.82, 2.24) is 0 Å². The number of esters is 1. The molecular formula is C12H13ClO4. The molecule has 0 saturated heterocycles. The molecule has 92 valence electrons. The first-order chi connectivity index (χ1) is 8.13. The molecule has 17 heavy (non-hydrogen) atoms. The highest BCUT2D eigenvalue weighted by atomic mass is 35.5. The Hall–Kier alpha value is -1.52. The molecule has 0 heterocycles. The van der Waals surface area contributed by atoms with Crippen molar-refractivity contribution in [3.8, 4) is 5.75 Å². The summed E-state index contributed by atoms with van der Waals surface area (Å²) in [6, 6.07) is 6.91. The van der Waals surface area contributed by atoms with Crippen LogP contribution >= 0.6 is 11.6 Å². The minimum absolute atomic E-state index is 0.00580. The second-order valence-electron chi connectivity index (χ2n) is 3.23. The van der Waals surface area contributed by atoms with Gasteiger partial charge in [0.25, 0.3) is 0 Å². The first-order valence-corrected chi connectivity index (χ1v) is 5.36. The van der Waals surface area contributed by atoms with Crippen molar-refractivity contribution in [1.29, 1.82) is 0 Å². The second kappa shape index (κ2) is 6.93. The Morgan fingerprint density at radius 2 is 2.18 bits per heavy atom. The van der Waals surface area contributed by atoms with E-state index in [2.05, 4.69) is 11.3 Å². The highest BCUT2D eigenvalue weighted by Crippen LogP contribution is 2.23. The third kappa shape index (κ3) is 4.89. The first-order valence-electron chi connectivity index (χ1n) is 4.98. The summed E-state index contributed by atoms with van der Waals surface area (Å²) >= 11 is 5.85. The second-order valence-corrected chi connectivity index (χ2v) is 3.64. The van der Waals surface area contributed by atoms with Crippen LogP contribution in [0, 0.1) is 0 Å². The molecule has 1 aromatic carbocycles. The van der Waals surface area contributed by atoms with Crippen LogP contribution in [0.15, 0.2) is 36.9 Å². The normalized spacial score (nSPS) is 11.6. The van der Waals surface area contributed by atoms with Gasteiger partial charge in [0.05, 0.1) is 5.02 Å². The van der Waals surface area contributed by atoms with Crippen LogP contribution in [0.2, 0.25) is 5.02 Å². The zero-order valence-corrected chi connectivity index (χ0v) is 9.89. The predicted octanol–water partition coefficient (Wildman–Crippen LogP) is 1.81. The average molecular weight is 257 g/mol. The van der Waals surface area contributed by atoms with Gasteiger partial charge in [-0.05, 0) is 12.1 Å². The van der Waals surface area contributed by atoms with Gasteiger partial charge in [-0.1, -0.05) is 30.3 Å². The van der Waals surface area contributed by atoms with Gasteiger partial charge in [-0.3, -0.25) is 0 Å². The van der Waals surface area contributed by atoms with Crippen LogP contribution < -0.4 is 4.74 Å². The Labute approximate surface area is 104 Å². The molecule has 0 spiro atoms. The third-order valence-electron chi connectivity index (χ3n) is 1.85. The number of benzene rings is 1. The van der Waals surface area contributed by atoms with E-state index in [0.29, 0.717) is 10.8 Å². The van der Waals surface area contributed by atoms with E-state index < -0.39 is 12.1 Å². The van der Waals surface area contributed by atoms with E-state index in [1.165, 1.54) is 0 Å². The van der Waals surface area contributed by atoms with Crippen LogP contribution in [-0.4, -0.2) is 30.4 Å². The van der Waals surface area contributed by atoms with Crippen molar-refractivity contribution in [2.45, 2.75) is 6.10 Å². The fourth-order valence-corrected chi connectivity index (χ4v) is 1.22. The number of aliphatic hydroxyl groups excluding tert-OH is 1. The van der Waals surface area contributed by atoms with Crippen LogP contribution in [0.5, 0.6) is 5.75 Å². The molecule has 1 N–H and O–H groups in total. The number of carbonyl (C=O) groups is 1. The van der Waals surface area contributed by atoms with Crippen LogP contribution in [0.4, 0.5) is 0 Å². The number of para-hydroxylation sites is 1. The highest BCUT2D eigenvalue weighted by molar-refractivity contribution is 6.32. The maximum Gasteiger partial charge on any atom is 0.330 e. The maximum atomic E-state index is 10.7. The number of hydrogen-bond donors (Lipinski definition) is 1. The minimum Gasteiger partial charge on any atom is -0.489 e. The Morgan fingerprint density at radius 1 is 1.47 bits per heavy atom. The van der Waals surface area contributed by atoms with Crippen LogP contribution in [-0.2, 0) is 9.53 Å². The van der Waals surface area contributed by atoms with Crippen molar-refractivity contribution in [2.24, 2.45) is 0 Å². The summed E-state index contributed by atoms with van der Waals surface area (Å²) in [6.07, 6.45) is 0.122. The first kappa shape index (κ1) is 13.5. The molecular weight excluding hydrogens is 244 g/mol. The molecule has 1 atom stereocenters. The lowest BCUT2D eigenvalue weighted by atomic mass is 10.3. The lowest BCUT2D eigenvalue weighted by Crippen LogP contribution is -2.24. The van der Waals surface area contributed by atoms with Crippen molar-refractivity contribution in [2.75, 3.05) is 13.2 Å². The van der Waals surface area contributed by atoms with Crippen LogP contribution in [0.25, 0.3) is 0 Å². The van der Waals surface area contributed by atoms with Gasteiger partial charge in [-0.25, -0.2) is 4.79 Å². The van der Waals surface area contributed by atoms with E-state index in [4.69, 9.17) is 16.3 Å². The summed E-state index contributed by atoms with van der Waals surface area (Å²) < 4.78 is 9.92. The Kier molecular flexibility index (Phi) is 5.52. The molecule has 5 heteroatoms. The largest absolute Gasteiger partial charge is 0.489 e. The third-order valence-corrected chi connectivity index (χ3v) is 2.16. The molecule has 0 fully saturated rings. The lowest BCUT2D eigenvalue weighted by molar-refractivity contribution is -0.141. The molecule has 0 aliphatic rings. The van der Waals surface area contributed by atoms with E-state index >= 15 is 0 Å². The van der Waals surface area contributed by atoms with E-state index in [-0.39, 0.29) is 13.2 Å². The molecule has 4 nitrogen and oxygen atoms in total. The summed E-state index contributed by atoms with van der Waals surface area (Å²) in [7, 11) is 0. The smallest absolute Gasteiger partial charge is 0.330 e. The number of halogens is 1. The van der Waals surface area contributed by atoms with Gasteiger partial charge >= 0.3 is 5.97 Å². The summed E-state index contributed by atoms with van der Waals surface area (Å²) in [4.78, 5) is 10.7. The zero-order valence-electron chi connectivity index (χ0n) is 9.14. The molecule has 0 aliphatic carbocycles. The Morgan fingerprint density at radius 3 is 2.82 bits per heavy atom. The van der Waals surface area contributed by atoms with Crippen LogP contribution in [0.1, 0.15) is 0 Å². The fraction of sp³-hybridized carbons (Fsp3) is 0.250. The van der Waals surface area contributed by atoms with Gasteiger partial charge in [0.1, 0.15) is 25.1 Å². The fourth-order valence-electron chi connectivity index (χ4n) is 1.03. The molecule has 0 aromatic heterocycles. The standard InChI is InChI=1S/C12H13ClO4/c1-2-12(15)17-8-9(14)7-16-11-6-4-3-5-10(11)13/h2-6,9,14H,1,7-8H2. The molecule has 0 amide bonds. The topological polar surface area (TPSA) is 55.8 Å². The molecule has 0 bridgehead atoms. The molecule has 1 aromatic rings. The molecule has 1 rings (SSSR count). The maximum absolute atomic E-state index is 10.7. The number of ether oxygens (including phenoxy) is 2. The van der Waals surface area contributed by atoms with Crippen LogP contribution in [0.3, 0.4) is 0 Å². The Balaban J connectivity index is 2.33. The number of rotatable bonds is 6. The van der Waals surface area contributed by atoms with Crippen molar-refractivity contribution in [3.63, 3.8) is 0 Å². The summed E-state index contributed by atoms with van der Waals surface area (Å²) in [5, 5.41) is 9.93. The van der Waals surface area contributed by atoms with Crippen molar-refractivity contribution in [3.05, 3.63) is 41.9 Å². The predicted molar refractivity (Wildman–Crippen MR) is 64.1 cm³/mol. The van der Waals surface area contributed by atoms with E-state index in [9.17, 15) is 9.90 Å². The van der Waals surface area contributed by atoms with E-state index in [1.807, 2.05) is 0 Å². The highest BCUT2D eigenvalue weighted by Gasteiger charge is 2.09. The molecule has 1 unspecified atom stereocenters. The van der Waals surface area contributed by atoms with Gasteiger partial charge in [0.15, 0.2) is 0 Å². The summed E-state index contributed by atoms with van der Waals surface area (Å²) in [5.74, 6) is -0.106. The molecule has 0 aliphatic heterocycles. The molecule has 0 radical (unpaired) electrons. The Bertz CT molecular complexity index is 392. The molecule has 0 saturated carbocycles. The average Bonchev–Trinajstić information content (AvgIpc) is 2.35. The number of carbonyl (C=O) groups excluding carboxylic acids is 1.